The van der Waals surface area contributed by atoms with Crippen LogP contribution >= 0.6 is 23.2 Å². The number of carbonyl (C=O) groups excluding carboxylic acids is 1. The third-order valence-electron chi connectivity index (χ3n) is 2.56. The average molecular weight is 422 g/mol. The molecule has 0 aliphatic rings. The second-order valence-corrected chi connectivity index (χ2v) is 6.57. The first-order chi connectivity index (χ1) is 12.4. The van der Waals surface area contributed by atoms with Crippen molar-refractivity contribution in [1.82, 2.24) is 9.97 Å². The zero-order chi connectivity index (χ0) is 20.8. The van der Waals surface area contributed by atoms with Gasteiger partial charge >= 0.3 is 12.1 Å². The smallest absolute Gasteiger partial charge is 0.412 e. The van der Waals surface area contributed by atoms with Gasteiger partial charge in [-0.1, -0.05) is 23.2 Å². The van der Waals surface area contributed by atoms with Gasteiger partial charge < -0.3 is 9.84 Å². The second-order valence-electron chi connectivity index (χ2n) is 5.86. The molecular weight excluding hydrogens is 407 g/mol. The Morgan fingerprint density at radius 1 is 1.07 bits per heavy atom. The Labute approximate surface area is 163 Å². The topological polar surface area (TPSA) is 101 Å². The summed E-state index contributed by atoms with van der Waals surface area (Å²) in [6, 6.07) is 2.34. The fraction of sp³-hybridized carbons (Fsp3) is 0.250. The molecule has 0 bridgehead atoms. The number of pyridine rings is 2. The van der Waals surface area contributed by atoms with Crippen molar-refractivity contribution in [2.75, 3.05) is 5.32 Å². The third-order valence-corrected chi connectivity index (χ3v) is 3.09. The van der Waals surface area contributed by atoms with Gasteiger partial charge in [-0.15, -0.1) is 0 Å². The van der Waals surface area contributed by atoms with Crippen molar-refractivity contribution in [2.45, 2.75) is 26.4 Å². The SMILES string of the molecule is CC(C)(C)OC(=O)Nc1ccnc(Cl)c1F.O=C(O)c1ccnc(Cl)c1F. The number of nitrogens with zero attached hydrogens (tertiary/aromatic N) is 2. The summed E-state index contributed by atoms with van der Waals surface area (Å²) < 4.78 is 31.0. The number of halogens is 4. The van der Waals surface area contributed by atoms with E-state index in [0.717, 1.165) is 12.3 Å². The summed E-state index contributed by atoms with van der Waals surface area (Å²) in [6.45, 7) is 5.13. The van der Waals surface area contributed by atoms with Crippen molar-refractivity contribution in [3.63, 3.8) is 0 Å². The summed E-state index contributed by atoms with van der Waals surface area (Å²) in [5.74, 6) is -3.14. The number of carbonyl (C=O) groups is 2. The van der Waals surface area contributed by atoms with E-state index in [1.807, 2.05) is 0 Å². The quantitative estimate of drug-likeness (QED) is 0.675. The van der Waals surface area contributed by atoms with Crippen molar-refractivity contribution >= 4 is 41.0 Å². The van der Waals surface area contributed by atoms with Crippen LogP contribution in [0, 0.1) is 11.6 Å². The predicted molar refractivity (Wildman–Crippen MR) is 95.2 cm³/mol. The molecule has 0 spiro atoms. The molecule has 2 aromatic rings. The maximum absolute atomic E-state index is 13.3. The molecule has 7 nitrogen and oxygen atoms in total. The van der Waals surface area contributed by atoms with Crippen molar-refractivity contribution < 1.29 is 28.2 Å². The second kappa shape index (κ2) is 9.43. The number of nitrogens with one attached hydrogen (secondary N) is 1. The Morgan fingerprint density at radius 2 is 1.59 bits per heavy atom. The van der Waals surface area contributed by atoms with Gasteiger partial charge in [-0.2, -0.15) is 0 Å². The lowest BCUT2D eigenvalue weighted by atomic mass is 10.2. The van der Waals surface area contributed by atoms with Gasteiger partial charge in [-0.25, -0.2) is 28.3 Å². The minimum atomic E-state index is -1.35. The Morgan fingerprint density at radius 3 is 2.07 bits per heavy atom. The number of aromatic nitrogens is 2. The monoisotopic (exact) mass is 421 g/mol. The largest absolute Gasteiger partial charge is 0.478 e. The number of rotatable bonds is 2. The maximum atomic E-state index is 13.3. The number of hydrogen-bond acceptors (Lipinski definition) is 5. The molecule has 1 amide bonds. The summed E-state index contributed by atoms with van der Waals surface area (Å²) in [6.07, 6.45) is 1.68. The molecule has 11 heteroatoms. The van der Waals surface area contributed by atoms with E-state index < -0.39 is 40.0 Å². The number of aromatic carboxylic acids is 1. The molecule has 0 fully saturated rings. The number of anilines is 1. The van der Waals surface area contributed by atoms with E-state index in [-0.39, 0.29) is 10.8 Å². The average Bonchev–Trinajstić information content (AvgIpc) is 2.53. The van der Waals surface area contributed by atoms with E-state index >= 15 is 0 Å². The molecule has 0 saturated heterocycles. The minimum absolute atomic E-state index is 0.0609. The Bertz CT molecular complexity index is 845. The number of amides is 1. The molecule has 0 unspecified atom stereocenters. The summed E-state index contributed by atoms with van der Waals surface area (Å²) in [7, 11) is 0. The van der Waals surface area contributed by atoms with Gasteiger partial charge in [0.15, 0.2) is 21.9 Å². The van der Waals surface area contributed by atoms with E-state index in [0.29, 0.717) is 0 Å². The molecule has 0 aliphatic heterocycles. The van der Waals surface area contributed by atoms with Gasteiger partial charge in [0, 0.05) is 12.4 Å². The Kier molecular flexibility index (Phi) is 7.86. The molecule has 2 heterocycles. The summed E-state index contributed by atoms with van der Waals surface area (Å²) in [5, 5.41) is 9.89. The van der Waals surface area contributed by atoms with Crippen LogP contribution in [0.3, 0.4) is 0 Å². The zero-order valence-electron chi connectivity index (χ0n) is 14.4. The molecule has 2 N–H and O–H groups in total. The Hall–Kier alpha value is -2.52. The van der Waals surface area contributed by atoms with E-state index in [2.05, 4.69) is 15.3 Å². The van der Waals surface area contributed by atoms with Crippen molar-refractivity contribution in [3.05, 3.63) is 52.0 Å². The maximum Gasteiger partial charge on any atom is 0.412 e. The van der Waals surface area contributed by atoms with E-state index in [1.54, 1.807) is 20.8 Å². The van der Waals surface area contributed by atoms with E-state index in [1.165, 1.54) is 12.3 Å². The summed E-state index contributed by atoms with van der Waals surface area (Å²) in [4.78, 5) is 28.4. The molecule has 0 radical (unpaired) electrons. The predicted octanol–water partition coefficient (Wildman–Crippen LogP) is 4.79. The highest BCUT2D eigenvalue weighted by Crippen LogP contribution is 2.20. The van der Waals surface area contributed by atoms with Crippen molar-refractivity contribution in [3.8, 4) is 0 Å². The van der Waals surface area contributed by atoms with Crippen LogP contribution in [0.4, 0.5) is 19.3 Å². The molecule has 2 rings (SSSR count). The fourth-order valence-corrected chi connectivity index (χ4v) is 1.83. The molecular formula is C16H15Cl2F2N3O4. The number of carboxylic acid groups (broad SMARTS) is 1. The van der Waals surface area contributed by atoms with Gasteiger partial charge in [0.25, 0.3) is 0 Å². The molecule has 27 heavy (non-hydrogen) atoms. The van der Waals surface area contributed by atoms with Gasteiger partial charge in [0.05, 0.1) is 11.3 Å². The van der Waals surface area contributed by atoms with Gasteiger partial charge in [0.1, 0.15) is 5.60 Å². The highest BCUT2D eigenvalue weighted by molar-refractivity contribution is 6.30. The first kappa shape index (κ1) is 22.5. The number of ether oxygens (including phenoxy) is 1. The van der Waals surface area contributed by atoms with Gasteiger partial charge in [-0.05, 0) is 32.9 Å². The molecule has 0 saturated carbocycles. The van der Waals surface area contributed by atoms with E-state index in [9.17, 15) is 18.4 Å². The van der Waals surface area contributed by atoms with Crippen LogP contribution in [-0.4, -0.2) is 32.7 Å². The minimum Gasteiger partial charge on any atom is -0.478 e. The zero-order valence-corrected chi connectivity index (χ0v) is 15.9. The number of hydrogen-bond donors (Lipinski definition) is 2. The van der Waals surface area contributed by atoms with Crippen LogP contribution < -0.4 is 5.32 Å². The molecule has 0 aromatic carbocycles. The lowest BCUT2D eigenvalue weighted by Gasteiger charge is -2.19. The van der Waals surface area contributed by atoms with Gasteiger partial charge in [-0.3, -0.25) is 5.32 Å². The van der Waals surface area contributed by atoms with E-state index in [4.69, 9.17) is 33.0 Å². The van der Waals surface area contributed by atoms with Crippen LogP contribution in [0.2, 0.25) is 10.3 Å². The third kappa shape index (κ3) is 7.32. The molecule has 2 aromatic heterocycles. The van der Waals surface area contributed by atoms with Gasteiger partial charge in [0.2, 0.25) is 0 Å². The number of carboxylic acids is 1. The molecule has 146 valence electrons. The van der Waals surface area contributed by atoms with Crippen LogP contribution in [0.25, 0.3) is 0 Å². The lowest BCUT2D eigenvalue weighted by Crippen LogP contribution is -2.27. The van der Waals surface area contributed by atoms with Crippen molar-refractivity contribution in [2.24, 2.45) is 0 Å². The molecule has 0 atom stereocenters. The first-order valence-corrected chi connectivity index (χ1v) is 8.01. The molecule has 0 aliphatic carbocycles. The van der Waals surface area contributed by atoms with Crippen LogP contribution in [0.15, 0.2) is 24.5 Å². The van der Waals surface area contributed by atoms with Crippen LogP contribution in [-0.2, 0) is 4.74 Å². The van der Waals surface area contributed by atoms with Crippen molar-refractivity contribution in [1.29, 1.82) is 0 Å². The standard InChI is InChI=1S/C10H12ClFN2O2.C6H3ClFNO2/c1-10(2,3)16-9(15)14-6-4-5-13-8(11)7(6)12;7-5-4(8)3(6(10)11)1-2-9-5/h4-5H,1-3H3,(H,13,14,15);1-2H,(H,10,11). The first-order valence-electron chi connectivity index (χ1n) is 7.25. The summed E-state index contributed by atoms with van der Waals surface area (Å²) >= 11 is 10.7. The summed E-state index contributed by atoms with van der Waals surface area (Å²) in [5.41, 5.74) is -1.17. The lowest BCUT2D eigenvalue weighted by molar-refractivity contribution is 0.0633. The highest BCUT2D eigenvalue weighted by atomic mass is 35.5. The van der Waals surface area contributed by atoms with Crippen LogP contribution in [0.5, 0.6) is 0 Å². The Balaban J connectivity index is 0.000000289. The fourth-order valence-electron chi connectivity index (χ4n) is 1.51. The van der Waals surface area contributed by atoms with Crippen LogP contribution in [0.1, 0.15) is 31.1 Å². The highest BCUT2D eigenvalue weighted by Gasteiger charge is 2.18. The normalized spacial score (nSPS) is 10.5.